The molecule has 0 heterocycles. The Labute approximate surface area is 83.9 Å². The Morgan fingerprint density at radius 1 is 1.29 bits per heavy atom. The third-order valence-electron chi connectivity index (χ3n) is 1.87. The molecular weight excluding hydrogens is 176 g/mol. The molecule has 0 saturated heterocycles. The van der Waals surface area contributed by atoms with Crippen molar-refractivity contribution in [2.24, 2.45) is 0 Å². The second-order valence-corrected chi connectivity index (χ2v) is 3.10. The van der Waals surface area contributed by atoms with Crippen LogP contribution in [0.5, 0.6) is 0 Å². The molecule has 0 unspecified atom stereocenters. The van der Waals surface area contributed by atoms with Crippen LogP contribution in [0.4, 0.5) is 0 Å². The summed E-state index contributed by atoms with van der Waals surface area (Å²) in [6, 6.07) is 9.98. The second-order valence-electron chi connectivity index (χ2n) is 3.10. The Morgan fingerprint density at radius 3 is 2.64 bits per heavy atom. The molecule has 0 spiro atoms. The van der Waals surface area contributed by atoms with E-state index >= 15 is 0 Å². The minimum atomic E-state index is -0.724. The third kappa shape index (κ3) is 4.45. The van der Waals surface area contributed by atoms with Crippen LogP contribution in [0.25, 0.3) is 6.08 Å². The molecule has 2 nitrogen and oxygen atoms in total. The number of carbonyl (C=O) groups is 1. The van der Waals surface area contributed by atoms with Crippen molar-refractivity contribution < 1.29 is 9.90 Å². The van der Waals surface area contributed by atoms with E-state index in [2.05, 4.69) is 0 Å². The highest BCUT2D eigenvalue weighted by Gasteiger charge is 1.93. The lowest BCUT2D eigenvalue weighted by molar-refractivity contribution is -0.137. The van der Waals surface area contributed by atoms with Crippen LogP contribution in [-0.2, 0) is 4.79 Å². The van der Waals surface area contributed by atoms with Crippen LogP contribution in [0.15, 0.2) is 36.4 Å². The highest BCUT2D eigenvalue weighted by Crippen LogP contribution is 2.03. The molecule has 0 aliphatic rings. The number of allylic oxidation sites excluding steroid dienone is 1. The average Bonchev–Trinajstić information content (AvgIpc) is 2.18. The van der Waals surface area contributed by atoms with Crippen LogP contribution in [0.1, 0.15) is 24.8 Å². The molecule has 14 heavy (non-hydrogen) atoms. The van der Waals surface area contributed by atoms with Crippen molar-refractivity contribution in [2.45, 2.75) is 19.3 Å². The molecule has 0 aromatic heterocycles. The smallest absolute Gasteiger partial charge is 0.303 e. The first-order valence-corrected chi connectivity index (χ1v) is 4.72. The minimum absolute atomic E-state index is 0.249. The Kier molecular flexibility index (Phi) is 4.48. The first-order chi connectivity index (χ1) is 6.79. The van der Waals surface area contributed by atoms with Gasteiger partial charge in [0.25, 0.3) is 0 Å². The fourth-order valence-corrected chi connectivity index (χ4v) is 1.15. The van der Waals surface area contributed by atoms with E-state index in [9.17, 15) is 4.79 Å². The lowest BCUT2D eigenvalue weighted by atomic mass is 10.1. The zero-order valence-electron chi connectivity index (χ0n) is 8.02. The molecule has 74 valence electrons. The fourth-order valence-electron chi connectivity index (χ4n) is 1.15. The van der Waals surface area contributed by atoms with Gasteiger partial charge in [0.2, 0.25) is 0 Å². The van der Waals surface area contributed by atoms with Gasteiger partial charge in [0.1, 0.15) is 0 Å². The summed E-state index contributed by atoms with van der Waals surface area (Å²) in [5, 5.41) is 8.41. The van der Waals surface area contributed by atoms with Crippen molar-refractivity contribution in [2.75, 3.05) is 0 Å². The molecule has 0 amide bonds. The summed E-state index contributed by atoms with van der Waals surface area (Å²) < 4.78 is 0. The first kappa shape index (κ1) is 10.5. The topological polar surface area (TPSA) is 37.3 Å². The van der Waals surface area contributed by atoms with E-state index in [0.717, 1.165) is 12.0 Å². The zero-order valence-corrected chi connectivity index (χ0v) is 8.02. The summed E-state index contributed by atoms with van der Waals surface area (Å²) in [6.07, 6.45) is 5.80. The molecule has 0 fully saturated rings. The number of carboxylic acids is 1. The fraction of sp³-hybridized carbons (Fsp3) is 0.250. The predicted octanol–water partition coefficient (Wildman–Crippen LogP) is 2.95. The van der Waals surface area contributed by atoms with Crippen LogP contribution < -0.4 is 0 Å². The first-order valence-electron chi connectivity index (χ1n) is 4.72. The predicted molar refractivity (Wildman–Crippen MR) is 57.0 cm³/mol. The molecule has 0 atom stereocenters. The summed E-state index contributed by atoms with van der Waals surface area (Å²) >= 11 is 0. The minimum Gasteiger partial charge on any atom is -0.481 e. The summed E-state index contributed by atoms with van der Waals surface area (Å²) in [5.41, 5.74) is 1.16. The molecule has 1 aromatic carbocycles. The van der Waals surface area contributed by atoms with Gasteiger partial charge in [-0.2, -0.15) is 0 Å². The van der Waals surface area contributed by atoms with E-state index in [0.29, 0.717) is 6.42 Å². The van der Waals surface area contributed by atoms with Crippen LogP contribution in [0.2, 0.25) is 0 Å². The Balaban J connectivity index is 2.25. The van der Waals surface area contributed by atoms with Crippen LogP contribution in [-0.4, -0.2) is 11.1 Å². The van der Waals surface area contributed by atoms with Crippen molar-refractivity contribution in [1.29, 1.82) is 0 Å². The molecule has 2 heteroatoms. The van der Waals surface area contributed by atoms with Crippen molar-refractivity contribution in [3.8, 4) is 0 Å². The van der Waals surface area contributed by atoms with Crippen molar-refractivity contribution in [1.82, 2.24) is 0 Å². The number of hydrogen-bond donors (Lipinski definition) is 1. The molecule has 0 aliphatic carbocycles. The van der Waals surface area contributed by atoms with Gasteiger partial charge in [0.15, 0.2) is 0 Å². The molecule has 0 aliphatic heterocycles. The largest absolute Gasteiger partial charge is 0.481 e. The third-order valence-corrected chi connectivity index (χ3v) is 1.87. The maximum absolute atomic E-state index is 10.2. The van der Waals surface area contributed by atoms with Gasteiger partial charge in [-0.05, 0) is 18.4 Å². The second kappa shape index (κ2) is 5.97. The Hall–Kier alpha value is -1.57. The molecule has 1 aromatic rings. The highest BCUT2D eigenvalue weighted by atomic mass is 16.4. The van der Waals surface area contributed by atoms with E-state index < -0.39 is 5.97 Å². The number of aliphatic carboxylic acids is 1. The van der Waals surface area contributed by atoms with Crippen LogP contribution in [0.3, 0.4) is 0 Å². The molecule has 1 rings (SSSR count). The standard InChI is InChI=1S/C12H14O2/c13-12(14)10-6-2-5-9-11-7-3-1-4-8-11/h1,3-5,7-9H,2,6,10H2,(H,13,14). The maximum Gasteiger partial charge on any atom is 0.303 e. The normalized spacial score (nSPS) is 10.6. The van der Waals surface area contributed by atoms with E-state index in [-0.39, 0.29) is 6.42 Å². The lowest BCUT2D eigenvalue weighted by Crippen LogP contribution is -1.92. The average molecular weight is 190 g/mol. The van der Waals surface area contributed by atoms with Crippen molar-refractivity contribution in [3.63, 3.8) is 0 Å². The molecule has 0 bridgehead atoms. The van der Waals surface area contributed by atoms with Gasteiger partial charge >= 0.3 is 5.97 Å². The molecule has 0 saturated carbocycles. The summed E-state index contributed by atoms with van der Waals surface area (Å²) in [5.74, 6) is -0.724. The zero-order chi connectivity index (χ0) is 10.2. The van der Waals surface area contributed by atoms with Crippen molar-refractivity contribution >= 4 is 12.0 Å². The van der Waals surface area contributed by atoms with Gasteiger partial charge in [-0.25, -0.2) is 0 Å². The van der Waals surface area contributed by atoms with Crippen molar-refractivity contribution in [3.05, 3.63) is 42.0 Å². The van der Waals surface area contributed by atoms with Crippen LogP contribution in [0, 0.1) is 0 Å². The molecule has 1 N–H and O–H groups in total. The van der Waals surface area contributed by atoms with Crippen LogP contribution >= 0.6 is 0 Å². The molecule has 0 radical (unpaired) electrons. The van der Waals surface area contributed by atoms with E-state index in [1.807, 2.05) is 42.5 Å². The summed E-state index contributed by atoms with van der Waals surface area (Å²) in [6.45, 7) is 0. The van der Waals surface area contributed by atoms with E-state index in [1.54, 1.807) is 0 Å². The Morgan fingerprint density at radius 2 is 2.00 bits per heavy atom. The van der Waals surface area contributed by atoms with E-state index in [1.165, 1.54) is 0 Å². The Bertz CT molecular complexity index is 301. The number of carboxylic acid groups (broad SMARTS) is 1. The van der Waals surface area contributed by atoms with Gasteiger partial charge in [0, 0.05) is 6.42 Å². The number of benzene rings is 1. The number of unbranched alkanes of at least 4 members (excludes halogenated alkanes) is 1. The summed E-state index contributed by atoms with van der Waals surface area (Å²) in [4.78, 5) is 10.2. The number of hydrogen-bond acceptors (Lipinski definition) is 1. The lowest BCUT2D eigenvalue weighted by Gasteiger charge is -1.92. The van der Waals surface area contributed by atoms with Gasteiger partial charge in [-0.3, -0.25) is 4.79 Å². The quantitative estimate of drug-likeness (QED) is 0.725. The van der Waals surface area contributed by atoms with Gasteiger partial charge in [-0.15, -0.1) is 0 Å². The van der Waals surface area contributed by atoms with Gasteiger partial charge < -0.3 is 5.11 Å². The van der Waals surface area contributed by atoms with E-state index in [4.69, 9.17) is 5.11 Å². The summed E-state index contributed by atoms with van der Waals surface area (Å²) in [7, 11) is 0. The number of rotatable bonds is 5. The molecular formula is C12H14O2. The van der Waals surface area contributed by atoms with Gasteiger partial charge in [-0.1, -0.05) is 42.5 Å². The SMILES string of the molecule is O=C(O)CCCC=Cc1ccccc1. The maximum atomic E-state index is 10.2. The monoisotopic (exact) mass is 190 g/mol. The van der Waals surface area contributed by atoms with Gasteiger partial charge in [0.05, 0.1) is 0 Å². The highest BCUT2D eigenvalue weighted by molar-refractivity contribution is 5.66.